The highest BCUT2D eigenvalue weighted by molar-refractivity contribution is 6.01. The molecule has 1 N–H and O–H groups in total. The summed E-state index contributed by atoms with van der Waals surface area (Å²) in [7, 11) is 2.97. The van der Waals surface area contributed by atoms with Crippen molar-refractivity contribution in [2.45, 2.75) is 96.7 Å². The van der Waals surface area contributed by atoms with Crippen LogP contribution in [-0.2, 0) is 52.7 Å². The highest BCUT2D eigenvalue weighted by Gasteiger charge is 2.33. The first-order chi connectivity index (χ1) is 18.6. The molecule has 1 rings (SSSR count). The maximum absolute atomic E-state index is 12.0. The zero-order valence-electron chi connectivity index (χ0n) is 24.2. The molecule has 1 saturated heterocycles. The van der Waals surface area contributed by atoms with E-state index in [0.717, 1.165) is 5.06 Å². The molecule has 0 aromatic rings. The summed E-state index contributed by atoms with van der Waals surface area (Å²) in [6.45, 7) is 6.73. The molecule has 1 fully saturated rings. The third-order valence-electron chi connectivity index (χ3n) is 5.62. The second kappa shape index (κ2) is 18.2. The van der Waals surface area contributed by atoms with Crippen LogP contribution in [0.1, 0.15) is 85.5 Å². The largest absolute Gasteiger partial charge is 0.460 e. The Morgan fingerprint density at radius 1 is 0.975 bits per heavy atom. The van der Waals surface area contributed by atoms with Gasteiger partial charge in [-0.15, -0.1) is 5.06 Å². The van der Waals surface area contributed by atoms with Gasteiger partial charge in [-0.3, -0.25) is 28.8 Å². The topological polar surface area (TPSA) is 183 Å². The van der Waals surface area contributed by atoms with Crippen LogP contribution in [-0.4, -0.2) is 95.5 Å². The molecule has 1 aliphatic rings. The lowest BCUT2D eigenvalue weighted by molar-refractivity contribution is -0.197. The van der Waals surface area contributed by atoms with Crippen LogP contribution in [0, 0.1) is 0 Å². The number of aliphatic hydroxyl groups is 1. The van der Waals surface area contributed by atoms with E-state index in [0.29, 0.717) is 30.6 Å². The van der Waals surface area contributed by atoms with Crippen molar-refractivity contribution < 1.29 is 57.8 Å². The molecule has 0 spiro atoms. The molecule has 0 aromatic heterocycles. The Morgan fingerprint density at radius 2 is 1.55 bits per heavy atom. The normalized spacial score (nSPS) is 13.3. The van der Waals surface area contributed by atoms with E-state index in [1.165, 1.54) is 7.11 Å². The minimum atomic E-state index is -1.06. The molecule has 228 valence electrons. The molecule has 40 heavy (non-hydrogen) atoms. The maximum Gasteiger partial charge on any atom is 0.333 e. The SMILES string of the molecule is CC(C)(CCOC(C)(C)C(=O)CCC=O)OC(=O)CCC(=O)ON1C(=O)CCC1=O.CON(C)C(=O)CCCO. The Balaban J connectivity index is 0.00000129. The predicted octanol–water partition coefficient (Wildman–Crippen LogP) is 1.21. The number of Topliss-reactive ketones (excluding diaryl/α,β-unsaturated/α-hetero) is 1. The molecule has 14 nitrogen and oxygen atoms in total. The number of ketones is 1. The number of ether oxygens (including phenoxy) is 2. The van der Waals surface area contributed by atoms with Crippen molar-refractivity contribution >= 4 is 41.7 Å². The number of amides is 3. The molecule has 0 saturated carbocycles. The van der Waals surface area contributed by atoms with Crippen molar-refractivity contribution in [3.05, 3.63) is 0 Å². The summed E-state index contributed by atoms with van der Waals surface area (Å²) >= 11 is 0. The molecule has 0 aromatic carbocycles. The summed E-state index contributed by atoms with van der Waals surface area (Å²) in [6.07, 6.45) is 1.38. The van der Waals surface area contributed by atoms with Crippen LogP contribution >= 0.6 is 0 Å². The summed E-state index contributed by atoms with van der Waals surface area (Å²) in [5, 5.41) is 9.93. The predicted molar refractivity (Wildman–Crippen MR) is 138 cm³/mol. The van der Waals surface area contributed by atoms with E-state index in [2.05, 4.69) is 9.68 Å². The molecule has 0 aliphatic carbocycles. The first kappa shape index (κ1) is 36.8. The lowest BCUT2D eigenvalue weighted by atomic mass is 9.99. The molecular weight excluding hydrogens is 532 g/mol. The van der Waals surface area contributed by atoms with Crippen LogP contribution in [0.4, 0.5) is 0 Å². The van der Waals surface area contributed by atoms with Crippen LogP contribution in [0.25, 0.3) is 0 Å². The first-order valence-corrected chi connectivity index (χ1v) is 12.9. The molecule has 3 amide bonds. The summed E-state index contributed by atoms with van der Waals surface area (Å²) < 4.78 is 10.9. The van der Waals surface area contributed by atoms with Gasteiger partial charge in [0.2, 0.25) is 5.91 Å². The van der Waals surface area contributed by atoms with E-state index >= 15 is 0 Å². The van der Waals surface area contributed by atoms with Crippen LogP contribution in [0.3, 0.4) is 0 Å². The van der Waals surface area contributed by atoms with Gasteiger partial charge in [0.1, 0.15) is 17.5 Å². The summed E-state index contributed by atoms with van der Waals surface area (Å²) in [4.78, 5) is 89.1. The van der Waals surface area contributed by atoms with Gasteiger partial charge in [-0.05, 0) is 34.1 Å². The van der Waals surface area contributed by atoms with Crippen molar-refractivity contribution in [2.75, 3.05) is 27.4 Å². The molecule has 1 heterocycles. The fraction of sp³-hybridized carbons (Fsp3) is 0.731. The van der Waals surface area contributed by atoms with Crippen LogP contribution < -0.4 is 0 Å². The van der Waals surface area contributed by atoms with Crippen molar-refractivity contribution in [1.82, 2.24) is 10.1 Å². The van der Waals surface area contributed by atoms with Crippen LogP contribution in [0.15, 0.2) is 0 Å². The van der Waals surface area contributed by atoms with Crippen molar-refractivity contribution in [1.29, 1.82) is 0 Å². The first-order valence-electron chi connectivity index (χ1n) is 12.9. The maximum atomic E-state index is 12.0. The molecule has 14 heteroatoms. The Hall–Kier alpha value is -3.23. The lowest BCUT2D eigenvalue weighted by Crippen LogP contribution is -2.37. The zero-order chi connectivity index (χ0) is 30.9. The number of hydrogen-bond acceptors (Lipinski definition) is 12. The Kier molecular flexibility index (Phi) is 16.7. The fourth-order valence-electron chi connectivity index (χ4n) is 3.03. The standard InChI is InChI=1S/C20H29NO9.C6H13NO3/c1-19(2,11-13-28-20(3,4)14(23)6-5-12-22)29-17(26)9-10-18(27)30-21-15(24)7-8-16(21)25;1-7(10-2)6(9)4-3-5-8/h12H,5-11,13H2,1-4H3;8H,3-5H2,1-2H3. The van der Waals surface area contributed by atoms with Gasteiger partial charge in [-0.1, -0.05) is 0 Å². The Bertz CT molecular complexity index is 884. The number of hydrogen-bond donors (Lipinski definition) is 1. The second-order valence-electron chi connectivity index (χ2n) is 9.92. The molecule has 0 bridgehead atoms. The van der Waals surface area contributed by atoms with Gasteiger partial charge in [0.15, 0.2) is 5.78 Å². The average Bonchev–Trinajstić information content (AvgIpc) is 3.20. The molecule has 0 atom stereocenters. The van der Waals surface area contributed by atoms with Gasteiger partial charge in [-0.25, -0.2) is 9.86 Å². The average molecular weight is 575 g/mol. The van der Waals surface area contributed by atoms with E-state index in [1.807, 2.05) is 0 Å². The molecule has 0 unspecified atom stereocenters. The smallest absolute Gasteiger partial charge is 0.333 e. The number of carbonyl (C=O) groups is 7. The van der Waals surface area contributed by atoms with E-state index in [-0.39, 0.29) is 63.4 Å². The van der Waals surface area contributed by atoms with Crippen LogP contribution in [0.2, 0.25) is 0 Å². The van der Waals surface area contributed by atoms with Gasteiger partial charge < -0.3 is 24.2 Å². The van der Waals surface area contributed by atoms with Gasteiger partial charge in [0.25, 0.3) is 11.8 Å². The Morgan fingerprint density at radius 3 is 2.08 bits per heavy atom. The van der Waals surface area contributed by atoms with Gasteiger partial charge >= 0.3 is 11.9 Å². The van der Waals surface area contributed by atoms with E-state index in [9.17, 15) is 33.6 Å². The quantitative estimate of drug-likeness (QED) is 0.114. The van der Waals surface area contributed by atoms with E-state index < -0.39 is 35.0 Å². The number of hydroxylamine groups is 4. The zero-order valence-corrected chi connectivity index (χ0v) is 24.2. The number of aldehydes is 1. The molecule has 0 radical (unpaired) electrons. The number of nitrogens with zero attached hydrogens (tertiary/aromatic N) is 2. The van der Waals surface area contributed by atoms with Crippen molar-refractivity contribution in [2.24, 2.45) is 0 Å². The fourth-order valence-corrected chi connectivity index (χ4v) is 3.03. The summed E-state index contributed by atoms with van der Waals surface area (Å²) in [5.74, 6) is -3.03. The second-order valence-corrected chi connectivity index (χ2v) is 9.92. The number of carbonyl (C=O) groups excluding carboxylic acids is 7. The van der Waals surface area contributed by atoms with Gasteiger partial charge in [0, 0.05) is 52.2 Å². The van der Waals surface area contributed by atoms with E-state index in [1.54, 1.807) is 34.7 Å². The summed E-state index contributed by atoms with van der Waals surface area (Å²) in [5.41, 5.74) is -1.97. The number of rotatable bonds is 17. The van der Waals surface area contributed by atoms with Crippen molar-refractivity contribution in [3.63, 3.8) is 0 Å². The van der Waals surface area contributed by atoms with Gasteiger partial charge in [-0.2, -0.15) is 0 Å². The molecular formula is C26H42N2O12. The third-order valence-corrected chi connectivity index (χ3v) is 5.62. The molecule has 1 aliphatic heterocycles. The lowest BCUT2D eigenvalue weighted by Gasteiger charge is -2.28. The highest BCUT2D eigenvalue weighted by Crippen LogP contribution is 2.20. The monoisotopic (exact) mass is 574 g/mol. The third kappa shape index (κ3) is 14.8. The van der Waals surface area contributed by atoms with E-state index in [4.69, 9.17) is 14.6 Å². The summed E-state index contributed by atoms with van der Waals surface area (Å²) in [6, 6.07) is 0. The number of imide groups is 1. The number of aliphatic hydroxyl groups excluding tert-OH is 1. The highest BCUT2D eigenvalue weighted by atomic mass is 16.7. The minimum absolute atomic E-state index is 0.0100. The van der Waals surface area contributed by atoms with Crippen LogP contribution in [0.5, 0.6) is 0 Å². The van der Waals surface area contributed by atoms with Gasteiger partial charge in [0.05, 0.1) is 26.6 Å². The van der Waals surface area contributed by atoms with Crippen molar-refractivity contribution in [3.8, 4) is 0 Å². The Labute approximate surface area is 234 Å². The minimum Gasteiger partial charge on any atom is -0.460 e. The number of esters is 1.